The van der Waals surface area contributed by atoms with Gasteiger partial charge >= 0.3 is 0 Å². The highest BCUT2D eigenvalue weighted by Crippen LogP contribution is 2.60. The molecule has 3 aliphatic carbocycles. The molecule has 7 aromatic carbocycles. The van der Waals surface area contributed by atoms with Gasteiger partial charge in [0.25, 0.3) is 0 Å². The second kappa shape index (κ2) is 9.92. The van der Waals surface area contributed by atoms with Crippen molar-refractivity contribution in [1.29, 1.82) is 0 Å². The largest absolute Gasteiger partial charge is 0.309 e. The Kier molecular flexibility index (Phi) is 5.77. The van der Waals surface area contributed by atoms with Crippen LogP contribution >= 0.6 is 0 Å². The summed E-state index contributed by atoms with van der Waals surface area (Å²) >= 11 is 0. The Morgan fingerprint density at radius 3 is 1.60 bits per heavy atom. The van der Waals surface area contributed by atoms with E-state index < -0.39 is 0 Å². The molecule has 0 bridgehead atoms. The summed E-state index contributed by atoms with van der Waals surface area (Å²) in [5.41, 5.74) is 23.4. The Morgan fingerprint density at radius 2 is 0.865 bits per heavy atom. The van der Waals surface area contributed by atoms with Gasteiger partial charge in [0.05, 0.1) is 5.69 Å². The number of fused-ring (bicyclic) bond motifs is 13. The second-order valence-corrected chi connectivity index (χ2v) is 17.3. The highest BCUT2D eigenvalue weighted by molar-refractivity contribution is 6.11. The Morgan fingerprint density at radius 1 is 0.365 bits per heavy atom. The summed E-state index contributed by atoms with van der Waals surface area (Å²) in [6.45, 7) is 14.5. The van der Waals surface area contributed by atoms with Gasteiger partial charge in [0.15, 0.2) is 0 Å². The van der Waals surface area contributed by atoms with Gasteiger partial charge in [-0.1, -0.05) is 133 Å². The van der Waals surface area contributed by atoms with E-state index >= 15 is 0 Å². The van der Waals surface area contributed by atoms with Crippen LogP contribution in [0.2, 0.25) is 0 Å². The Labute approximate surface area is 307 Å². The van der Waals surface area contributed by atoms with E-state index in [0.717, 1.165) is 12.8 Å². The summed E-state index contributed by atoms with van der Waals surface area (Å²) < 4.78 is 0. The van der Waals surface area contributed by atoms with Crippen molar-refractivity contribution in [3.8, 4) is 33.4 Å². The predicted octanol–water partition coefficient (Wildman–Crippen LogP) is 13.3. The molecule has 252 valence electrons. The van der Waals surface area contributed by atoms with Gasteiger partial charge in [0.1, 0.15) is 0 Å². The minimum Gasteiger partial charge on any atom is -0.309 e. The lowest BCUT2D eigenvalue weighted by molar-refractivity contribution is 0.652. The van der Waals surface area contributed by atoms with Crippen LogP contribution in [-0.4, -0.2) is 0 Å². The molecule has 7 aromatic rings. The zero-order valence-corrected chi connectivity index (χ0v) is 31.0. The number of rotatable bonds is 1. The zero-order valence-electron chi connectivity index (χ0n) is 31.0. The van der Waals surface area contributed by atoms with Gasteiger partial charge in [-0.2, -0.15) is 0 Å². The van der Waals surface area contributed by atoms with Crippen molar-refractivity contribution in [2.45, 2.75) is 70.6 Å². The van der Waals surface area contributed by atoms with Crippen LogP contribution in [0, 0.1) is 0 Å². The van der Waals surface area contributed by atoms with Crippen molar-refractivity contribution in [2.24, 2.45) is 0 Å². The van der Waals surface area contributed by atoms with Crippen LogP contribution in [-0.2, 0) is 29.1 Å². The fourth-order valence-corrected chi connectivity index (χ4v) is 10.7. The first kappa shape index (κ1) is 30.2. The average molecular weight is 670 g/mol. The molecule has 0 spiro atoms. The monoisotopic (exact) mass is 669 g/mol. The number of hydrogen-bond donors (Lipinski definition) is 0. The highest BCUT2D eigenvalue weighted by atomic mass is 15.2. The molecule has 0 saturated heterocycles. The van der Waals surface area contributed by atoms with Crippen LogP contribution in [0.15, 0.2) is 127 Å². The minimum atomic E-state index is -0.171. The second-order valence-electron chi connectivity index (χ2n) is 17.3. The molecule has 0 aromatic heterocycles. The summed E-state index contributed by atoms with van der Waals surface area (Å²) in [5.74, 6) is 0. The molecule has 0 unspecified atom stereocenters. The summed E-state index contributed by atoms with van der Waals surface area (Å²) in [5, 5.41) is 2.64. The average Bonchev–Trinajstić information content (AvgIpc) is 3.55. The van der Waals surface area contributed by atoms with Gasteiger partial charge in [0.2, 0.25) is 0 Å². The van der Waals surface area contributed by atoms with Crippen molar-refractivity contribution >= 4 is 27.8 Å². The molecule has 4 aliphatic rings. The maximum absolute atomic E-state index is 2.64. The number of nitrogens with zero attached hydrogens (tertiary/aromatic N) is 1. The number of anilines is 3. The minimum absolute atomic E-state index is 0.0449. The van der Waals surface area contributed by atoms with Gasteiger partial charge in [0, 0.05) is 33.0 Å². The summed E-state index contributed by atoms with van der Waals surface area (Å²) in [6.07, 6.45) is 2.04. The molecule has 1 nitrogen and oxygen atoms in total. The summed E-state index contributed by atoms with van der Waals surface area (Å²) in [7, 11) is 0. The van der Waals surface area contributed by atoms with Crippen molar-refractivity contribution in [3.05, 3.63) is 172 Å². The molecule has 52 heavy (non-hydrogen) atoms. The molecule has 1 heterocycles. The van der Waals surface area contributed by atoms with Gasteiger partial charge < -0.3 is 4.90 Å². The molecule has 1 aliphatic heterocycles. The van der Waals surface area contributed by atoms with Gasteiger partial charge in [-0.15, -0.1) is 0 Å². The van der Waals surface area contributed by atoms with Crippen molar-refractivity contribution in [1.82, 2.24) is 0 Å². The highest BCUT2D eigenvalue weighted by Gasteiger charge is 2.43. The lowest BCUT2D eigenvalue weighted by Crippen LogP contribution is -2.19. The maximum atomic E-state index is 2.64. The van der Waals surface area contributed by atoms with Gasteiger partial charge in [-0.05, 0) is 133 Å². The molecule has 0 atom stereocenters. The van der Waals surface area contributed by atoms with E-state index in [2.05, 4.69) is 174 Å². The summed E-state index contributed by atoms with van der Waals surface area (Å²) in [4.78, 5) is 2.64. The topological polar surface area (TPSA) is 3.24 Å². The number of hydrogen-bond acceptors (Lipinski definition) is 1. The molecule has 0 fully saturated rings. The Hall–Kier alpha value is -5.40. The van der Waals surface area contributed by atoms with Crippen LogP contribution in [0.5, 0.6) is 0 Å². The van der Waals surface area contributed by atoms with Crippen LogP contribution < -0.4 is 4.90 Å². The standard InChI is InChI=1S/C51H43N/c1-49(2)40-21-13-11-17-33(40)37-26-42-38(27-41(37)49)48-35-19-9-8-18-34(35)47(29-44(48)51(42,5)6)52-45-22-14-7-15-30(45)23-24-31-25-36-32-16-10-12-20-39(32)50(3,4)43(36)28-46(31)52/h7-22,25-29H,23-24H2,1-6H3. The van der Waals surface area contributed by atoms with E-state index in [1.54, 1.807) is 0 Å². The number of para-hydroxylation sites is 1. The van der Waals surface area contributed by atoms with E-state index in [9.17, 15) is 0 Å². The lowest BCUT2D eigenvalue weighted by Gasteiger charge is -2.32. The molecular weight excluding hydrogens is 627 g/mol. The molecule has 0 saturated carbocycles. The third-order valence-electron chi connectivity index (χ3n) is 13.5. The van der Waals surface area contributed by atoms with Crippen LogP contribution in [0.25, 0.3) is 44.2 Å². The smallest absolute Gasteiger partial charge is 0.0543 e. The quantitative estimate of drug-likeness (QED) is 0.168. The first-order valence-corrected chi connectivity index (χ1v) is 19.1. The molecule has 1 heteroatoms. The third-order valence-corrected chi connectivity index (χ3v) is 13.5. The normalized spacial score (nSPS) is 17.3. The molecule has 11 rings (SSSR count). The van der Waals surface area contributed by atoms with E-state index in [0.29, 0.717) is 0 Å². The first-order valence-electron chi connectivity index (χ1n) is 19.1. The molecule has 0 N–H and O–H groups in total. The van der Waals surface area contributed by atoms with Crippen LogP contribution in [0.4, 0.5) is 17.1 Å². The van der Waals surface area contributed by atoms with Gasteiger partial charge in [-0.3, -0.25) is 0 Å². The zero-order chi connectivity index (χ0) is 35.3. The Bertz CT molecular complexity index is 2720. The Balaban J connectivity index is 1.19. The molecule has 0 amide bonds. The third kappa shape index (κ3) is 3.69. The fourth-order valence-electron chi connectivity index (χ4n) is 10.7. The van der Waals surface area contributed by atoms with E-state index in [1.165, 1.54) is 106 Å². The first-order chi connectivity index (χ1) is 25.1. The van der Waals surface area contributed by atoms with E-state index in [1.807, 2.05) is 0 Å². The molecular formula is C51H43N. The van der Waals surface area contributed by atoms with Crippen molar-refractivity contribution in [2.75, 3.05) is 4.90 Å². The number of aryl methyl sites for hydroxylation is 2. The molecule has 0 radical (unpaired) electrons. The fraction of sp³-hybridized carbons (Fsp3) is 0.216. The van der Waals surface area contributed by atoms with Crippen LogP contribution in [0.3, 0.4) is 0 Å². The van der Waals surface area contributed by atoms with Crippen molar-refractivity contribution < 1.29 is 0 Å². The summed E-state index contributed by atoms with van der Waals surface area (Å²) in [6, 6.07) is 49.2. The van der Waals surface area contributed by atoms with Crippen LogP contribution in [0.1, 0.15) is 86.1 Å². The van der Waals surface area contributed by atoms with E-state index in [-0.39, 0.29) is 16.2 Å². The van der Waals surface area contributed by atoms with E-state index in [4.69, 9.17) is 0 Å². The number of benzene rings is 7. The maximum Gasteiger partial charge on any atom is 0.0543 e. The lowest BCUT2D eigenvalue weighted by atomic mass is 9.79. The van der Waals surface area contributed by atoms with Crippen molar-refractivity contribution in [3.63, 3.8) is 0 Å². The SMILES string of the molecule is CC1(C)c2ccccc2-c2cc3c(cc21)-c1c(cc(N2c4ccccc4CCc4cc5c(cc42)C(C)(C)c2ccccc2-5)c2ccccc12)C3(C)C. The predicted molar refractivity (Wildman–Crippen MR) is 219 cm³/mol. The van der Waals surface area contributed by atoms with Gasteiger partial charge in [-0.25, -0.2) is 0 Å².